The van der Waals surface area contributed by atoms with E-state index >= 15 is 0 Å². The minimum absolute atomic E-state index is 0.177. The molecule has 4 N–H and O–H groups in total. The smallest absolute Gasteiger partial charge is 0.444 e. The molecular weight excluding hydrogens is 385 g/mol. The summed E-state index contributed by atoms with van der Waals surface area (Å²) >= 11 is 0. The molecule has 0 aromatic heterocycles. The zero-order valence-electron chi connectivity index (χ0n) is 18.8. The van der Waals surface area contributed by atoms with Crippen LogP contribution >= 0.6 is 0 Å². The van der Waals surface area contributed by atoms with Crippen LogP contribution in [0.1, 0.15) is 64.4 Å². The van der Waals surface area contributed by atoms with Crippen LogP contribution in [0.3, 0.4) is 0 Å². The van der Waals surface area contributed by atoms with E-state index in [0.717, 1.165) is 11.0 Å². The lowest BCUT2D eigenvalue weighted by Gasteiger charge is -2.32. The van der Waals surface area contributed by atoms with E-state index in [-0.39, 0.29) is 12.5 Å². The van der Waals surface area contributed by atoms with Crippen LogP contribution in [-0.2, 0) is 14.0 Å². The molecule has 1 fully saturated rings. The molecule has 0 unspecified atom stereocenters. The number of rotatable bonds is 5. The van der Waals surface area contributed by atoms with Gasteiger partial charge in [0.1, 0.15) is 5.60 Å². The van der Waals surface area contributed by atoms with Gasteiger partial charge in [-0.3, -0.25) is 10.2 Å². The standard InChI is InChI=1S/C21H32BN3O5/c1-19(2,3)28-18(27)24-13-16(22-29-20(4,5)21(6,7)30-22)12-14-8-10-15(11-9-14)17(26)25-23/h8-12H,13,23H2,1-7H3,(H,24,27)(H,25,26). The maximum Gasteiger partial charge on any atom is 0.492 e. The first kappa shape index (κ1) is 23.9. The van der Waals surface area contributed by atoms with Gasteiger partial charge in [0.05, 0.1) is 11.2 Å². The Morgan fingerprint density at radius 3 is 2.10 bits per heavy atom. The first-order chi connectivity index (χ1) is 13.7. The molecule has 0 radical (unpaired) electrons. The highest BCUT2D eigenvalue weighted by Gasteiger charge is 2.52. The Labute approximate surface area is 178 Å². The predicted octanol–water partition coefficient (Wildman–Crippen LogP) is 2.83. The van der Waals surface area contributed by atoms with Gasteiger partial charge in [-0.05, 0) is 71.6 Å². The van der Waals surface area contributed by atoms with E-state index in [1.807, 2.05) is 33.8 Å². The SMILES string of the molecule is CC(C)(C)OC(=O)NCC(=Cc1ccc(C(=O)NN)cc1)B1OC(C)(C)C(C)(C)O1. The van der Waals surface area contributed by atoms with E-state index < -0.39 is 30.0 Å². The average Bonchev–Trinajstić information content (AvgIpc) is 2.84. The maximum absolute atomic E-state index is 12.1. The summed E-state index contributed by atoms with van der Waals surface area (Å²) in [7, 11) is -0.642. The molecule has 1 aromatic carbocycles. The topological polar surface area (TPSA) is 112 Å². The van der Waals surface area contributed by atoms with Gasteiger partial charge in [-0.2, -0.15) is 0 Å². The molecular formula is C21H32BN3O5. The summed E-state index contributed by atoms with van der Waals surface area (Å²) in [5.74, 6) is 4.80. The van der Waals surface area contributed by atoms with Crippen molar-refractivity contribution in [2.75, 3.05) is 6.54 Å². The summed E-state index contributed by atoms with van der Waals surface area (Å²) in [4.78, 5) is 23.8. The molecule has 9 heteroatoms. The van der Waals surface area contributed by atoms with Gasteiger partial charge in [-0.25, -0.2) is 10.6 Å². The van der Waals surface area contributed by atoms with Crippen LogP contribution < -0.4 is 16.6 Å². The minimum Gasteiger partial charge on any atom is -0.444 e. The molecule has 8 nitrogen and oxygen atoms in total. The number of ether oxygens (including phenoxy) is 1. The molecule has 0 aliphatic carbocycles. The number of amides is 2. The fourth-order valence-electron chi connectivity index (χ4n) is 2.71. The quantitative estimate of drug-likeness (QED) is 0.294. The van der Waals surface area contributed by atoms with Crippen molar-refractivity contribution in [2.24, 2.45) is 5.84 Å². The fraction of sp³-hybridized carbons (Fsp3) is 0.524. The molecule has 30 heavy (non-hydrogen) atoms. The molecule has 2 amide bonds. The van der Waals surface area contributed by atoms with Crippen LogP contribution in [-0.4, -0.2) is 42.5 Å². The molecule has 1 saturated heterocycles. The number of nitrogens with one attached hydrogen (secondary N) is 2. The van der Waals surface area contributed by atoms with Crippen LogP contribution in [0.15, 0.2) is 29.7 Å². The van der Waals surface area contributed by atoms with Crippen molar-refractivity contribution in [1.29, 1.82) is 0 Å². The van der Waals surface area contributed by atoms with Gasteiger partial charge in [0.15, 0.2) is 0 Å². The predicted molar refractivity (Wildman–Crippen MR) is 116 cm³/mol. The highest BCUT2D eigenvalue weighted by atomic mass is 16.7. The second-order valence-corrected chi connectivity index (χ2v) is 9.26. The number of nitrogens with two attached hydrogens (primary N) is 1. The first-order valence-electron chi connectivity index (χ1n) is 9.88. The number of carbonyl (C=O) groups is 2. The normalized spacial score (nSPS) is 18.1. The molecule has 1 aliphatic rings. The molecule has 1 heterocycles. The van der Waals surface area contributed by atoms with Crippen molar-refractivity contribution in [3.05, 3.63) is 40.9 Å². The monoisotopic (exact) mass is 417 g/mol. The van der Waals surface area contributed by atoms with E-state index in [0.29, 0.717) is 5.56 Å². The third-order valence-electron chi connectivity index (χ3n) is 5.05. The summed E-state index contributed by atoms with van der Waals surface area (Å²) < 4.78 is 17.6. The van der Waals surface area contributed by atoms with Crippen LogP contribution in [0.2, 0.25) is 0 Å². The molecule has 0 atom stereocenters. The molecule has 0 saturated carbocycles. The molecule has 2 rings (SSSR count). The largest absolute Gasteiger partial charge is 0.492 e. The zero-order chi connectivity index (χ0) is 22.7. The number of hydrogen-bond donors (Lipinski definition) is 3. The van der Waals surface area contributed by atoms with Crippen molar-refractivity contribution in [1.82, 2.24) is 10.7 Å². The van der Waals surface area contributed by atoms with Crippen LogP contribution in [0.25, 0.3) is 6.08 Å². The van der Waals surface area contributed by atoms with Crippen LogP contribution in [0.4, 0.5) is 4.79 Å². The summed E-state index contributed by atoms with van der Waals surface area (Å²) in [6, 6.07) is 6.89. The Kier molecular flexibility index (Phi) is 7.01. The van der Waals surface area contributed by atoms with Gasteiger partial charge in [0, 0.05) is 12.1 Å². The number of alkyl carbamates (subject to hydrolysis) is 1. The van der Waals surface area contributed by atoms with Crippen LogP contribution in [0.5, 0.6) is 0 Å². The van der Waals surface area contributed by atoms with Crippen LogP contribution in [0, 0.1) is 0 Å². The van der Waals surface area contributed by atoms with Crippen molar-refractivity contribution >= 4 is 25.2 Å². The average molecular weight is 417 g/mol. The van der Waals surface area contributed by atoms with E-state index in [2.05, 4.69) is 10.7 Å². The Hall–Kier alpha value is -2.36. The van der Waals surface area contributed by atoms with Gasteiger partial charge in [0.2, 0.25) is 0 Å². The number of nitrogen functional groups attached to an aromatic ring is 1. The van der Waals surface area contributed by atoms with E-state index in [1.54, 1.807) is 45.0 Å². The number of benzene rings is 1. The summed E-state index contributed by atoms with van der Waals surface area (Å²) in [5.41, 5.74) is 2.44. The highest BCUT2D eigenvalue weighted by molar-refractivity contribution is 6.56. The molecule has 1 aromatic rings. The van der Waals surface area contributed by atoms with E-state index in [9.17, 15) is 9.59 Å². The van der Waals surface area contributed by atoms with E-state index in [4.69, 9.17) is 19.9 Å². The lowest BCUT2D eigenvalue weighted by Crippen LogP contribution is -2.41. The zero-order valence-corrected chi connectivity index (χ0v) is 18.8. The molecule has 164 valence electrons. The molecule has 0 bridgehead atoms. The molecule has 1 aliphatic heterocycles. The van der Waals surface area contributed by atoms with Crippen molar-refractivity contribution in [3.63, 3.8) is 0 Å². The summed E-state index contributed by atoms with van der Waals surface area (Å²) in [6.45, 7) is 13.4. The Morgan fingerprint density at radius 1 is 1.10 bits per heavy atom. The number of hydrogen-bond acceptors (Lipinski definition) is 6. The number of carbonyl (C=O) groups excluding carboxylic acids is 2. The lowest BCUT2D eigenvalue weighted by atomic mass is 9.77. The second-order valence-electron chi connectivity index (χ2n) is 9.26. The fourth-order valence-corrected chi connectivity index (χ4v) is 2.71. The number of hydrazine groups is 1. The van der Waals surface area contributed by atoms with Gasteiger partial charge in [-0.15, -0.1) is 0 Å². The summed E-state index contributed by atoms with van der Waals surface area (Å²) in [6.07, 6.45) is 1.34. The van der Waals surface area contributed by atoms with Gasteiger partial charge >= 0.3 is 13.2 Å². The molecule has 0 spiro atoms. The van der Waals surface area contributed by atoms with Gasteiger partial charge in [0.25, 0.3) is 5.91 Å². The third kappa shape index (κ3) is 6.07. The van der Waals surface area contributed by atoms with Crippen molar-refractivity contribution in [3.8, 4) is 0 Å². The van der Waals surface area contributed by atoms with Crippen molar-refractivity contribution < 1.29 is 23.6 Å². The Bertz CT molecular complexity index is 797. The third-order valence-corrected chi connectivity index (χ3v) is 5.05. The summed E-state index contributed by atoms with van der Waals surface area (Å²) in [5, 5.41) is 2.76. The minimum atomic E-state index is -0.642. The second kappa shape index (κ2) is 8.79. The van der Waals surface area contributed by atoms with Crippen molar-refractivity contribution in [2.45, 2.75) is 65.3 Å². The van der Waals surface area contributed by atoms with Gasteiger partial charge < -0.3 is 19.4 Å². The first-order valence-corrected chi connectivity index (χ1v) is 9.88. The van der Waals surface area contributed by atoms with E-state index in [1.165, 1.54) is 0 Å². The highest BCUT2D eigenvalue weighted by Crippen LogP contribution is 2.38. The lowest BCUT2D eigenvalue weighted by molar-refractivity contribution is 0.00578. The maximum atomic E-state index is 12.1. The van der Waals surface area contributed by atoms with Gasteiger partial charge in [-0.1, -0.05) is 18.2 Å². The Balaban J connectivity index is 2.26. The Morgan fingerprint density at radius 2 is 1.63 bits per heavy atom.